The minimum atomic E-state index is 0.134. The summed E-state index contributed by atoms with van der Waals surface area (Å²) in [5.74, 6) is 1.13. The van der Waals surface area contributed by atoms with Crippen LogP contribution < -0.4 is 0 Å². The number of carbonyl (C=O) groups is 1. The first-order valence-electron chi connectivity index (χ1n) is 7.84. The molecule has 1 aliphatic heterocycles. The molecule has 0 radical (unpaired) electrons. The van der Waals surface area contributed by atoms with E-state index in [-0.39, 0.29) is 5.91 Å². The van der Waals surface area contributed by atoms with Gasteiger partial charge in [0, 0.05) is 45.1 Å². The minimum absolute atomic E-state index is 0.134. The SMILES string of the molecule is CC(=O)N(Cc1ccc(C(C)C)nc1)CC1CCOCC1. The molecule has 1 aromatic heterocycles. The lowest BCUT2D eigenvalue weighted by Gasteiger charge is -2.29. The van der Waals surface area contributed by atoms with Crippen LogP contribution in [0.5, 0.6) is 0 Å². The van der Waals surface area contributed by atoms with Crippen LogP contribution >= 0.6 is 0 Å². The molecule has 0 aliphatic carbocycles. The third-order valence-electron chi connectivity index (χ3n) is 4.08. The molecule has 1 fully saturated rings. The quantitative estimate of drug-likeness (QED) is 0.837. The van der Waals surface area contributed by atoms with Crippen LogP contribution in [-0.4, -0.2) is 35.5 Å². The van der Waals surface area contributed by atoms with E-state index >= 15 is 0 Å². The van der Waals surface area contributed by atoms with E-state index in [1.54, 1.807) is 6.92 Å². The molecule has 1 amide bonds. The molecular weight excluding hydrogens is 264 g/mol. The van der Waals surface area contributed by atoms with Crippen molar-refractivity contribution in [3.63, 3.8) is 0 Å². The molecule has 1 saturated heterocycles. The Bertz CT molecular complexity index is 450. The van der Waals surface area contributed by atoms with Crippen LogP contribution in [0, 0.1) is 5.92 Å². The van der Waals surface area contributed by atoms with E-state index in [1.165, 1.54) is 0 Å². The second kappa shape index (κ2) is 7.55. The summed E-state index contributed by atoms with van der Waals surface area (Å²) in [5, 5.41) is 0. The first kappa shape index (κ1) is 16.0. The van der Waals surface area contributed by atoms with Crippen LogP contribution in [0.25, 0.3) is 0 Å². The summed E-state index contributed by atoms with van der Waals surface area (Å²) >= 11 is 0. The average molecular weight is 290 g/mol. The standard InChI is InChI=1S/C17H26N2O2/c1-13(2)17-5-4-16(10-18-17)12-19(14(3)20)11-15-6-8-21-9-7-15/h4-5,10,13,15H,6-9,11-12H2,1-3H3. The highest BCUT2D eigenvalue weighted by atomic mass is 16.5. The van der Waals surface area contributed by atoms with Crippen molar-refractivity contribution in [2.75, 3.05) is 19.8 Å². The Morgan fingerprint density at radius 2 is 2.10 bits per heavy atom. The Kier molecular flexibility index (Phi) is 5.74. The highest BCUT2D eigenvalue weighted by Crippen LogP contribution is 2.18. The van der Waals surface area contributed by atoms with E-state index < -0.39 is 0 Å². The second-order valence-electron chi connectivity index (χ2n) is 6.20. The van der Waals surface area contributed by atoms with Gasteiger partial charge < -0.3 is 9.64 Å². The molecule has 0 N–H and O–H groups in total. The molecule has 116 valence electrons. The molecule has 0 saturated carbocycles. The highest BCUT2D eigenvalue weighted by Gasteiger charge is 2.19. The summed E-state index contributed by atoms with van der Waals surface area (Å²) in [7, 11) is 0. The van der Waals surface area contributed by atoms with Crippen LogP contribution in [-0.2, 0) is 16.1 Å². The monoisotopic (exact) mass is 290 g/mol. The van der Waals surface area contributed by atoms with E-state index in [0.717, 1.165) is 43.9 Å². The van der Waals surface area contributed by atoms with E-state index in [1.807, 2.05) is 11.1 Å². The van der Waals surface area contributed by atoms with Crippen molar-refractivity contribution in [3.05, 3.63) is 29.6 Å². The fourth-order valence-corrected chi connectivity index (χ4v) is 2.64. The molecule has 0 bridgehead atoms. The average Bonchev–Trinajstić information content (AvgIpc) is 2.48. The Labute approximate surface area is 127 Å². The van der Waals surface area contributed by atoms with Gasteiger partial charge in [-0.15, -0.1) is 0 Å². The predicted octanol–water partition coefficient (Wildman–Crippen LogP) is 2.98. The van der Waals surface area contributed by atoms with Gasteiger partial charge in [0.25, 0.3) is 0 Å². The van der Waals surface area contributed by atoms with Crippen molar-refractivity contribution < 1.29 is 9.53 Å². The van der Waals surface area contributed by atoms with Gasteiger partial charge >= 0.3 is 0 Å². The number of aromatic nitrogens is 1. The summed E-state index contributed by atoms with van der Waals surface area (Å²) in [6.07, 6.45) is 4.00. The molecule has 1 aliphatic rings. The number of hydrogen-bond acceptors (Lipinski definition) is 3. The van der Waals surface area contributed by atoms with Crippen molar-refractivity contribution >= 4 is 5.91 Å². The lowest BCUT2D eigenvalue weighted by Crippen LogP contribution is -2.35. The van der Waals surface area contributed by atoms with Crippen LogP contribution in [0.3, 0.4) is 0 Å². The molecule has 21 heavy (non-hydrogen) atoms. The van der Waals surface area contributed by atoms with Gasteiger partial charge in [0.1, 0.15) is 0 Å². The maximum absolute atomic E-state index is 11.9. The Morgan fingerprint density at radius 3 is 2.62 bits per heavy atom. The molecule has 0 atom stereocenters. The molecule has 2 rings (SSSR count). The number of rotatable bonds is 5. The fourth-order valence-electron chi connectivity index (χ4n) is 2.64. The molecule has 0 spiro atoms. The number of carbonyl (C=O) groups excluding carboxylic acids is 1. The van der Waals surface area contributed by atoms with Crippen molar-refractivity contribution in [2.24, 2.45) is 5.92 Å². The summed E-state index contributed by atoms with van der Waals surface area (Å²) in [4.78, 5) is 18.3. The van der Waals surface area contributed by atoms with Crippen LogP contribution in [0.1, 0.15) is 50.8 Å². The van der Waals surface area contributed by atoms with Gasteiger partial charge in [-0.05, 0) is 36.3 Å². The topological polar surface area (TPSA) is 42.4 Å². The van der Waals surface area contributed by atoms with Crippen molar-refractivity contribution in [3.8, 4) is 0 Å². The number of hydrogen-bond donors (Lipinski definition) is 0. The molecule has 1 aromatic rings. The van der Waals surface area contributed by atoms with Gasteiger partial charge in [-0.2, -0.15) is 0 Å². The van der Waals surface area contributed by atoms with Gasteiger partial charge in [-0.25, -0.2) is 0 Å². The molecule has 4 heteroatoms. The number of ether oxygens (including phenoxy) is 1. The minimum Gasteiger partial charge on any atom is -0.381 e. The third-order valence-corrected chi connectivity index (χ3v) is 4.08. The Hall–Kier alpha value is -1.42. The zero-order valence-electron chi connectivity index (χ0n) is 13.3. The van der Waals surface area contributed by atoms with E-state index in [2.05, 4.69) is 31.0 Å². The lowest BCUT2D eigenvalue weighted by atomic mass is 9.99. The first-order valence-corrected chi connectivity index (χ1v) is 7.84. The smallest absolute Gasteiger partial charge is 0.219 e. The summed E-state index contributed by atoms with van der Waals surface area (Å²) in [6.45, 7) is 9.03. The summed E-state index contributed by atoms with van der Waals surface area (Å²) < 4.78 is 5.38. The Balaban J connectivity index is 1.96. The third kappa shape index (κ3) is 4.81. The van der Waals surface area contributed by atoms with Crippen molar-refractivity contribution in [1.29, 1.82) is 0 Å². The van der Waals surface area contributed by atoms with Gasteiger partial charge in [-0.3, -0.25) is 9.78 Å². The molecular formula is C17H26N2O2. The maximum Gasteiger partial charge on any atom is 0.219 e. The number of pyridine rings is 1. The largest absolute Gasteiger partial charge is 0.381 e. The van der Waals surface area contributed by atoms with Crippen molar-refractivity contribution in [2.45, 2.75) is 46.1 Å². The van der Waals surface area contributed by atoms with E-state index in [4.69, 9.17) is 4.74 Å². The molecule has 4 nitrogen and oxygen atoms in total. The molecule has 2 heterocycles. The van der Waals surface area contributed by atoms with Crippen LogP contribution in [0.15, 0.2) is 18.3 Å². The number of amides is 1. The van der Waals surface area contributed by atoms with Crippen LogP contribution in [0.4, 0.5) is 0 Å². The second-order valence-corrected chi connectivity index (χ2v) is 6.20. The van der Waals surface area contributed by atoms with Crippen molar-refractivity contribution in [1.82, 2.24) is 9.88 Å². The first-order chi connectivity index (χ1) is 10.1. The van der Waals surface area contributed by atoms with E-state index in [0.29, 0.717) is 18.4 Å². The number of nitrogens with zero attached hydrogens (tertiary/aromatic N) is 2. The summed E-state index contributed by atoms with van der Waals surface area (Å²) in [6, 6.07) is 4.15. The van der Waals surface area contributed by atoms with Gasteiger partial charge in [-0.1, -0.05) is 19.9 Å². The zero-order valence-corrected chi connectivity index (χ0v) is 13.3. The molecule has 0 aromatic carbocycles. The lowest BCUT2D eigenvalue weighted by molar-refractivity contribution is -0.130. The predicted molar refractivity (Wildman–Crippen MR) is 83.0 cm³/mol. The van der Waals surface area contributed by atoms with Gasteiger partial charge in [0.15, 0.2) is 0 Å². The van der Waals surface area contributed by atoms with Gasteiger partial charge in [0.05, 0.1) is 0 Å². The normalized spacial score (nSPS) is 16.2. The maximum atomic E-state index is 11.9. The Morgan fingerprint density at radius 1 is 1.38 bits per heavy atom. The molecule has 0 unspecified atom stereocenters. The van der Waals surface area contributed by atoms with Gasteiger partial charge in [0.2, 0.25) is 5.91 Å². The highest BCUT2D eigenvalue weighted by molar-refractivity contribution is 5.73. The zero-order chi connectivity index (χ0) is 15.2. The fraction of sp³-hybridized carbons (Fsp3) is 0.647. The summed E-state index contributed by atoms with van der Waals surface area (Å²) in [5.41, 5.74) is 2.19. The van der Waals surface area contributed by atoms with E-state index in [9.17, 15) is 4.79 Å². The van der Waals surface area contributed by atoms with Crippen LogP contribution in [0.2, 0.25) is 0 Å².